The van der Waals surface area contributed by atoms with Crippen LogP contribution >= 0.6 is 0 Å². The van der Waals surface area contributed by atoms with Crippen molar-refractivity contribution in [3.63, 3.8) is 0 Å². The predicted molar refractivity (Wildman–Crippen MR) is 64.2 cm³/mol. The smallest absolute Gasteiger partial charge is 0.165 e. The van der Waals surface area contributed by atoms with Gasteiger partial charge in [0.2, 0.25) is 0 Å². The quantitative estimate of drug-likeness (QED) is 0.741. The summed E-state index contributed by atoms with van der Waals surface area (Å²) in [7, 11) is -2.91. The van der Waals surface area contributed by atoms with Crippen LogP contribution in [0, 0.1) is 11.3 Å². The maximum atomic E-state index is 11.3. The Labute approximate surface area is 99.6 Å². The van der Waals surface area contributed by atoms with Gasteiger partial charge in [0.05, 0.1) is 17.2 Å². The Hall–Kier alpha value is -1.81. The second-order valence-corrected chi connectivity index (χ2v) is 6.16. The van der Waals surface area contributed by atoms with Crippen LogP contribution in [-0.4, -0.2) is 38.0 Å². The van der Waals surface area contributed by atoms with Crippen LogP contribution in [0.1, 0.15) is 5.69 Å². The van der Waals surface area contributed by atoms with Crippen molar-refractivity contribution < 1.29 is 8.42 Å². The normalized spacial score (nSPS) is 18.6. The molecule has 2 rings (SSSR count). The molecule has 0 unspecified atom stereocenters. The lowest BCUT2D eigenvalue weighted by molar-refractivity contribution is 0.586. The van der Waals surface area contributed by atoms with Gasteiger partial charge in [0.15, 0.2) is 15.5 Å². The molecule has 1 aliphatic rings. The molecule has 0 amide bonds. The third-order valence-electron chi connectivity index (χ3n) is 2.69. The van der Waals surface area contributed by atoms with E-state index in [9.17, 15) is 8.42 Å². The lowest BCUT2D eigenvalue weighted by Gasteiger charge is -2.27. The molecule has 2 heterocycles. The fraction of sp³-hybridized carbons (Fsp3) is 0.400. The maximum Gasteiger partial charge on any atom is 0.165 e. The predicted octanol–water partition coefficient (Wildman–Crippen LogP) is -0.230. The van der Waals surface area contributed by atoms with Gasteiger partial charge in [-0.25, -0.2) is 13.4 Å². The lowest BCUT2D eigenvalue weighted by Crippen LogP contribution is -2.40. The molecule has 0 saturated carbocycles. The molecule has 0 bridgehead atoms. The topological polar surface area (TPSA) is 100 Å². The van der Waals surface area contributed by atoms with Gasteiger partial charge in [-0.05, 0) is 12.1 Å². The number of hydrogen-bond acceptors (Lipinski definition) is 6. The molecule has 7 heteroatoms. The van der Waals surface area contributed by atoms with Crippen molar-refractivity contribution in [2.75, 3.05) is 35.2 Å². The minimum absolute atomic E-state index is 0.126. The van der Waals surface area contributed by atoms with Gasteiger partial charge in [-0.2, -0.15) is 5.26 Å². The van der Waals surface area contributed by atoms with E-state index < -0.39 is 9.84 Å². The van der Waals surface area contributed by atoms with Gasteiger partial charge in [-0.15, -0.1) is 0 Å². The first-order valence-electron chi connectivity index (χ1n) is 5.14. The number of rotatable bonds is 1. The molecule has 6 nitrogen and oxygen atoms in total. The van der Waals surface area contributed by atoms with E-state index in [1.807, 2.05) is 11.0 Å². The lowest BCUT2D eigenvalue weighted by atomic mass is 10.3. The number of aromatic nitrogens is 1. The van der Waals surface area contributed by atoms with Crippen LogP contribution < -0.4 is 10.6 Å². The largest absolute Gasteiger partial charge is 0.396 e. The summed E-state index contributed by atoms with van der Waals surface area (Å²) in [6.45, 7) is 0.814. The number of pyridine rings is 1. The Balaban J connectivity index is 2.22. The van der Waals surface area contributed by atoms with Crippen molar-refractivity contribution in [1.29, 1.82) is 5.26 Å². The standard InChI is InChI=1S/C10H12N4O2S/c11-7-9-8(12)1-2-10(13-9)14-3-5-17(15,16)6-4-14/h1-2H,3-6,12H2. The maximum absolute atomic E-state index is 11.3. The average Bonchev–Trinajstić information content (AvgIpc) is 2.30. The molecule has 0 radical (unpaired) electrons. The molecule has 0 aliphatic carbocycles. The molecule has 1 saturated heterocycles. The molecule has 1 aliphatic heterocycles. The van der Waals surface area contributed by atoms with Crippen LogP contribution in [0.25, 0.3) is 0 Å². The van der Waals surface area contributed by atoms with Gasteiger partial charge < -0.3 is 10.6 Å². The number of nitriles is 1. The van der Waals surface area contributed by atoms with E-state index >= 15 is 0 Å². The minimum atomic E-state index is -2.91. The Morgan fingerprint density at radius 1 is 1.35 bits per heavy atom. The summed E-state index contributed by atoms with van der Waals surface area (Å²) in [5.41, 5.74) is 6.08. The second kappa shape index (κ2) is 4.22. The van der Waals surface area contributed by atoms with Crippen molar-refractivity contribution in [2.45, 2.75) is 0 Å². The van der Waals surface area contributed by atoms with E-state index in [0.717, 1.165) is 0 Å². The summed E-state index contributed by atoms with van der Waals surface area (Å²) in [5.74, 6) is 0.854. The van der Waals surface area contributed by atoms with Crippen molar-refractivity contribution in [3.05, 3.63) is 17.8 Å². The summed E-state index contributed by atoms with van der Waals surface area (Å²) in [5, 5.41) is 8.82. The van der Waals surface area contributed by atoms with Gasteiger partial charge in [0.1, 0.15) is 11.9 Å². The van der Waals surface area contributed by atoms with Gasteiger partial charge >= 0.3 is 0 Å². The Morgan fingerprint density at radius 2 is 2.00 bits per heavy atom. The van der Waals surface area contributed by atoms with Crippen LogP contribution in [-0.2, 0) is 9.84 Å². The number of nitrogens with zero attached hydrogens (tertiary/aromatic N) is 3. The van der Waals surface area contributed by atoms with Crippen molar-refractivity contribution in [3.8, 4) is 6.07 Å². The van der Waals surface area contributed by atoms with E-state index in [4.69, 9.17) is 11.0 Å². The monoisotopic (exact) mass is 252 g/mol. The molecule has 90 valence electrons. The number of sulfone groups is 1. The third-order valence-corrected chi connectivity index (χ3v) is 4.30. The van der Waals surface area contributed by atoms with E-state index in [-0.39, 0.29) is 17.2 Å². The molecular weight excluding hydrogens is 240 g/mol. The highest BCUT2D eigenvalue weighted by molar-refractivity contribution is 7.91. The molecule has 1 aromatic rings. The van der Waals surface area contributed by atoms with E-state index in [1.165, 1.54) is 0 Å². The first-order chi connectivity index (χ1) is 8.02. The zero-order valence-corrected chi connectivity index (χ0v) is 9.94. The van der Waals surface area contributed by atoms with Crippen molar-refractivity contribution in [2.24, 2.45) is 0 Å². The fourth-order valence-corrected chi connectivity index (χ4v) is 2.87. The zero-order chi connectivity index (χ0) is 12.5. The SMILES string of the molecule is N#Cc1nc(N2CCS(=O)(=O)CC2)ccc1N. The van der Waals surface area contributed by atoms with Gasteiger partial charge in [0.25, 0.3) is 0 Å². The molecular formula is C10H12N4O2S. The summed E-state index contributed by atoms with van der Waals surface area (Å²) in [4.78, 5) is 5.96. The Kier molecular flexibility index (Phi) is 2.90. The Morgan fingerprint density at radius 3 is 2.59 bits per heavy atom. The van der Waals surface area contributed by atoms with Crippen LogP contribution in [0.15, 0.2) is 12.1 Å². The number of nitrogen functional groups attached to an aromatic ring is 1. The molecule has 17 heavy (non-hydrogen) atoms. The highest BCUT2D eigenvalue weighted by atomic mass is 32.2. The van der Waals surface area contributed by atoms with Gasteiger partial charge in [0, 0.05) is 13.1 Å². The van der Waals surface area contributed by atoms with E-state index in [2.05, 4.69) is 4.98 Å². The van der Waals surface area contributed by atoms with Gasteiger partial charge in [-0.3, -0.25) is 0 Å². The van der Waals surface area contributed by atoms with Crippen LogP contribution in [0.2, 0.25) is 0 Å². The van der Waals surface area contributed by atoms with E-state index in [0.29, 0.717) is 24.6 Å². The van der Waals surface area contributed by atoms with Gasteiger partial charge in [-0.1, -0.05) is 0 Å². The molecule has 0 aromatic carbocycles. The molecule has 1 fully saturated rings. The van der Waals surface area contributed by atoms with Crippen molar-refractivity contribution >= 4 is 21.3 Å². The summed E-state index contributed by atoms with van der Waals surface area (Å²) in [6.07, 6.45) is 0. The summed E-state index contributed by atoms with van der Waals surface area (Å²) < 4.78 is 22.6. The molecule has 0 atom stereocenters. The number of hydrogen-bond donors (Lipinski definition) is 1. The highest BCUT2D eigenvalue weighted by Gasteiger charge is 2.22. The average molecular weight is 252 g/mol. The first kappa shape index (κ1) is 11.7. The van der Waals surface area contributed by atoms with E-state index in [1.54, 1.807) is 12.1 Å². The van der Waals surface area contributed by atoms with Crippen LogP contribution in [0.4, 0.5) is 11.5 Å². The first-order valence-corrected chi connectivity index (χ1v) is 6.96. The summed E-state index contributed by atoms with van der Waals surface area (Å²) in [6, 6.07) is 5.23. The van der Waals surface area contributed by atoms with Crippen LogP contribution in [0.5, 0.6) is 0 Å². The summed E-state index contributed by atoms with van der Waals surface area (Å²) >= 11 is 0. The van der Waals surface area contributed by atoms with Crippen LogP contribution in [0.3, 0.4) is 0 Å². The number of anilines is 2. The number of nitrogens with two attached hydrogens (primary N) is 1. The fourth-order valence-electron chi connectivity index (χ4n) is 1.67. The minimum Gasteiger partial charge on any atom is -0.396 e. The molecule has 0 spiro atoms. The third kappa shape index (κ3) is 2.47. The molecule has 2 N–H and O–H groups in total. The zero-order valence-electron chi connectivity index (χ0n) is 9.13. The van der Waals surface area contributed by atoms with Crippen molar-refractivity contribution in [1.82, 2.24) is 4.98 Å². The highest BCUT2D eigenvalue weighted by Crippen LogP contribution is 2.18. The second-order valence-electron chi connectivity index (χ2n) is 3.86. The Bertz CT molecular complexity index is 562. The molecule has 1 aromatic heterocycles.